The number of carbonyl (C=O) groups excluding carboxylic acids is 1. The highest BCUT2D eigenvalue weighted by molar-refractivity contribution is 7.92. The molecule has 156 valence electrons. The lowest BCUT2D eigenvalue weighted by atomic mass is 10.00. The number of para-hydroxylation sites is 1. The largest absolute Gasteiger partial charge is 0.329 e. The number of fused-ring (bicyclic) bond motifs is 2. The van der Waals surface area contributed by atoms with Crippen LogP contribution in [0, 0.1) is 0 Å². The average Bonchev–Trinajstić information content (AvgIpc) is 3.38. The first-order valence-electron chi connectivity index (χ1n) is 10.2. The van der Waals surface area contributed by atoms with Crippen molar-refractivity contribution in [1.82, 2.24) is 9.88 Å². The third-order valence-electron chi connectivity index (χ3n) is 5.91. The van der Waals surface area contributed by atoms with Gasteiger partial charge >= 0.3 is 0 Å². The molecule has 1 unspecified atom stereocenters. The zero-order valence-electron chi connectivity index (χ0n) is 16.7. The van der Waals surface area contributed by atoms with Gasteiger partial charge in [-0.05, 0) is 61.6 Å². The molecule has 5 rings (SSSR count). The molecule has 2 aliphatic rings. The number of hydrogen-bond donors (Lipinski definition) is 0. The van der Waals surface area contributed by atoms with Gasteiger partial charge in [-0.2, -0.15) is 0 Å². The standard InChI is InChI=1S/C22H23N3O3S2/c1-30(27,28)25-13-4-6-15-14-16(10-11-18(15)25)22(26)24-12-5-8-19(24)21-23-17-7-2-3-9-20(17)29-21/h2-3,7,9-11,14,19H,4-6,8,12-13H2,1H3. The van der Waals surface area contributed by atoms with Crippen LogP contribution in [-0.4, -0.2) is 43.6 Å². The summed E-state index contributed by atoms with van der Waals surface area (Å²) >= 11 is 1.66. The summed E-state index contributed by atoms with van der Waals surface area (Å²) in [5, 5.41) is 0.989. The van der Waals surface area contributed by atoms with Crippen LogP contribution in [0.5, 0.6) is 0 Å². The van der Waals surface area contributed by atoms with Gasteiger partial charge in [0.25, 0.3) is 5.91 Å². The van der Waals surface area contributed by atoms with Gasteiger partial charge in [-0.1, -0.05) is 12.1 Å². The van der Waals surface area contributed by atoms with Gasteiger partial charge in [0.15, 0.2) is 0 Å². The highest BCUT2D eigenvalue weighted by atomic mass is 32.2. The summed E-state index contributed by atoms with van der Waals surface area (Å²) in [6.45, 7) is 1.21. The molecule has 1 amide bonds. The number of aryl methyl sites for hydroxylation is 1. The van der Waals surface area contributed by atoms with E-state index < -0.39 is 10.0 Å². The number of amides is 1. The van der Waals surface area contributed by atoms with Crippen LogP contribution in [-0.2, 0) is 16.4 Å². The molecule has 2 aromatic carbocycles. The van der Waals surface area contributed by atoms with E-state index in [1.807, 2.05) is 29.2 Å². The number of sulfonamides is 1. The molecule has 0 radical (unpaired) electrons. The maximum absolute atomic E-state index is 13.4. The van der Waals surface area contributed by atoms with Crippen LogP contribution in [0.15, 0.2) is 42.5 Å². The fourth-order valence-electron chi connectivity index (χ4n) is 4.51. The van der Waals surface area contributed by atoms with Gasteiger partial charge in [0.2, 0.25) is 10.0 Å². The van der Waals surface area contributed by atoms with Crippen molar-refractivity contribution in [2.45, 2.75) is 31.7 Å². The maximum atomic E-state index is 13.4. The van der Waals surface area contributed by atoms with E-state index in [0.717, 1.165) is 46.5 Å². The van der Waals surface area contributed by atoms with Crippen LogP contribution in [0.4, 0.5) is 5.69 Å². The Morgan fingerprint density at radius 3 is 2.77 bits per heavy atom. The lowest BCUT2D eigenvalue weighted by molar-refractivity contribution is 0.0735. The molecule has 8 heteroatoms. The van der Waals surface area contributed by atoms with Crippen molar-refractivity contribution in [2.24, 2.45) is 0 Å². The smallest absolute Gasteiger partial charge is 0.254 e. The van der Waals surface area contributed by atoms with Crippen molar-refractivity contribution < 1.29 is 13.2 Å². The van der Waals surface area contributed by atoms with Crippen molar-refractivity contribution >= 4 is 43.2 Å². The number of thiazole rings is 1. The van der Waals surface area contributed by atoms with Crippen LogP contribution in [0.1, 0.15) is 46.2 Å². The Hall–Kier alpha value is -2.45. The molecule has 0 saturated carbocycles. The summed E-state index contributed by atoms with van der Waals surface area (Å²) < 4.78 is 26.8. The van der Waals surface area contributed by atoms with Crippen molar-refractivity contribution in [3.63, 3.8) is 0 Å². The van der Waals surface area contributed by atoms with Crippen molar-refractivity contribution in [2.75, 3.05) is 23.7 Å². The number of likely N-dealkylation sites (tertiary alicyclic amines) is 1. The molecule has 1 atom stereocenters. The van der Waals surface area contributed by atoms with E-state index in [1.165, 1.54) is 10.6 Å². The Bertz CT molecular complexity index is 1200. The molecule has 0 N–H and O–H groups in total. The predicted molar refractivity (Wildman–Crippen MR) is 120 cm³/mol. The third-order valence-corrected chi connectivity index (χ3v) is 8.23. The lowest BCUT2D eigenvalue weighted by Crippen LogP contribution is -2.35. The van der Waals surface area contributed by atoms with Crippen molar-refractivity contribution in [3.05, 3.63) is 58.6 Å². The molecular weight excluding hydrogens is 418 g/mol. The first kappa shape index (κ1) is 19.5. The van der Waals surface area contributed by atoms with Crippen LogP contribution in [0.25, 0.3) is 10.2 Å². The Morgan fingerprint density at radius 1 is 1.13 bits per heavy atom. The highest BCUT2D eigenvalue weighted by Crippen LogP contribution is 2.38. The van der Waals surface area contributed by atoms with Gasteiger partial charge in [-0.3, -0.25) is 9.10 Å². The van der Waals surface area contributed by atoms with Gasteiger partial charge in [-0.15, -0.1) is 11.3 Å². The first-order chi connectivity index (χ1) is 14.4. The van der Waals surface area contributed by atoms with E-state index in [1.54, 1.807) is 23.5 Å². The summed E-state index contributed by atoms with van der Waals surface area (Å²) in [6.07, 6.45) is 4.64. The van der Waals surface area contributed by atoms with Crippen LogP contribution < -0.4 is 4.31 Å². The second kappa shape index (κ2) is 7.35. The van der Waals surface area contributed by atoms with Crippen LogP contribution in [0.2, 0.25) is 0 Å². The Balaban J connectivity index is 1.45. The molecule has 1 fully saturated rings. The Labute approximate surface area is 180 Å². The Morgan fingerprint density at radius 2 is 1.97 bits per heavy atom. The van der Waals surface area contributed by atoms with Crippen molar-refractivity contribution in [1.29, 1.82) is 0 Å². The minimum atomic E-state index is -3.31. The zero-order valence-corrected chi connectivity index (χ0v) is 18.4. The van der Waals surface area contributed by atoms with E-state index in [2.05, 4.69) is 6.07 Å². The van der Waals surface area contributed by atoms with E-state index in [9.17, 15) is 13.2 Å². The number of aromatic nitrogens is 1. The molecule has 3 aromatic rings. The zero-order chi connectivity index (χ0) is 20.9. The monoisotopic (exact) mass is 441 g/mol. The molecule has 1 saturated heterocycles. The molecular formula is C22H23N3O3S2. The topological polar surface area (TPSA) is 70.6 Å². The first-order valence-corrected chi connectivity index (χ1v) is 12.9. The molecule has 0 bridgehead atoms. The molecule has 0 aliphatic carbocycles. The Kier molecular flexibility index (Phi) is 4.78. The second-order valence-electron chi connectivity index (χ2n) is 7.96. The summed E-state index contributed by atoms with van der Waals surface area (Å²) in [7, 11) is -3.31. The van der Waals surface area contributed by atoms with Gasteiger partial charge in [0, 0.05) is 18.7 Å². The average molecular weight is 442 g/mol. The summed E-state index contributed by atoms with van der Waals surface area (Å²) in [6, 6.07) is 13.5. The summed E-state index contributed by atoms with van der Waals surface area (Å²) in [5.41, 5.74) is 3.22. The van der Waals surface area contributed by atoms with Crippen LogP contribution in [0.3, 0.4) is 0 Å². The second-order valence-corrected chi connectivity index (χ2v) is 10.9. The number of nitrogens with zero attached hydrogens (tertiary/aromatic N) is 3. The van der Waals surface area contributed by atoms with Crippen LogP contribution >= 0.6 is 11.3 Å². The fraction of sp³-hybridized carbons (Fsp3) is 0.364. The molecule has 0 spiro atoms. The van der Waals surface area contributed by atoms with Gasteiger partial charge in [-0.25, -0.2) is 13.4 Å². The fourth-order valence-corrected chi connectivity index (χ4v) is 6.62. The predicted octanol–water partition coefficient (Wildman–Crippen LogP) is 3.99. The number of hydrogen-bond acceptors (Lipinski definition) is 5. The minimum Gasteiger partial charge on any atom is -0.329 e. The summed E-state index contributed by atoms with van der Waals surface area (Å²) in [4.78, 5) is 20.1. The number of benzene rings is 2. The van der Waals surface area contributed by atoms with E-state index >= 15 is 0 Å². The van der Waals surface area contributed by atoms with E-state index in [-0.39, 0.29) is 11.9 Å². The van der Waals surface area contributed by atoms with Gasteiger partial charge in [0.1, 0.15) is 5.01 Å². The minimum absolute atomic E-state index is 0.00143. The molecule has 6 nitrogen and oxygen atoms in total. The molecule has 2 aliphatic heterocycles. The number of carbonyl (C=O) groups is 1. The molecule has 3 heterocycles. The lowest BCUT2D eigenvalue weighted by Gasteiger charge is -2.30. The molecule has 30 heavy (non-hydrogen) atoms. The molecule has 1 aromatic heterocycles. The number of anilines is 1. The normalized spacial score (nSPS) is 19.3. The summed E-state index contributed by atoms with van der Waals surface area (Å²) in [5.74, 6) is -0.00367. The van der Waals surface area contributed by atoms with Crippen molar-refractivity contribution in [3.8, 4) is 0 Å². The third kappa shape index (κ3) is 3.37. The van der Waals surface area contributed by atoms with E-state index in [0.29, 0.717) is 24.3 Å². The van der Waals surface area contributed by atoms with Gasteiger partial charge < -0.3 is 4.90 Å². The SMILES string of the molecule is CS(=O)(=O)N1CCCc2cc(C(=O)N3CCCC3c3nc4ccccc4s3)ccc21. The van der Waals surface area contributed by atoms with E-state index in [4.69, 9.17) is 4.98 Å². The highest BCUT2D eigenvalue weighted by Gasteiger charge is 2.33. The quantitative estimate of drug-likeness (QED) is 0.616. The number of rotatable bonds is 3. The van der Waals surface area contributed by atoms with Gasteiger partial charge in [0.05, 0.1) is 28.2 Å². The maximum Gasteiger partial charge on any atom is 0.254 e.